The first kappa shape index (κ1) is 15.4. The summed E-state index contributed by atoms with van der Waals surface area (Å²) < 4.78 is 31.9. The molecule has 1 aliphatic rings. The summed E-state index contributed by atoms with van der Waals surface area (Å²) in [6.07, 6.45) is -0.368. The largest absolute Gasteiger partial charge is 0.372 e. The minimum Gasteiger partial charge on any atom is -0.372 e. The van der Waals surface area contributed by atoms with Crippen molar-refractivity contribution in [1.29, 1.82) is 0 Å². The van der Waals surface area contributed by atoms with Crippen LogP contribution in [0, 0.1) is 11.6 Å². The molecule has 2 atom stereocenters. The number of hydrogen-bond acceptors (Lipinski definition) is 3. The average molecular weight is 298 g/mol. The number of halogens is 2. The highest BCUT2D eigenvalue weighted by Crippen LogP contribution is 2.16. The van der Waals surface area contributed by atoms with Gasteiger partial charge in [-0.3, -0.25) is 9.59 Å². The predicted octanol–water partition coefficient (Wildman–Crippen LogP) is 1.54. The standard InChI is InChI=1S/C14H16F2N2O3/c1-8-6-18(7-9(2)21-8)14(20)13(19)17-12-5-10(15)3-4-11(12)16/h3-5,8-9H,6-7H2,1-2H3,(H,17,19). The Morgan fingerprint density at radius 1 is 1.24 bits per heavy atom. The average Bonchev–Trinajstić information content (AvgIpc) is 2.41. The third-order valence-electron chi connectivity index (χ3n) is 3.08. The van der Waals surface area contributed by atoms with E-state index in [0.29, 0.717) is 0 Å². The second-order valence-corrected chi connectivity index (χ2v) is 5.05. The van der Waals surface area contributed by atoms with Gasteiger partial charge in [0.25, 0.3) is 0 Å². The van der Waals surface area contributed by atoms with Crippen LogP contribution in [0.3, 0.4) is 0 Å². The molecular weight excluding hydrogens is 282 g/mol. The van der Waals surface area contributed by atoms with Gasteiger partial charge in [-0.25, -0.2) is 8.78 Å². The maximum atomic E-state index is 13.4. The van der Waals surface area contributed by atoms with Crippen molar-refractivity contribution in [3.05, 3.63) is 29.8 Å². The summed E-state index contributed by atoms with van der Waals surface area (Å²) in [7, 11) is 0. The van der Waals surface area contributed by atoms with E-state index >= 15 is 0 Å². The SMILES string of the molecule is CC1CN(C(=O)C(=O)Nc2cc(F)ccc2F)CC(C)O1. The van der Waals surface area contributed by atoms with Crippen molar-refractivity contribution < 1.29 is 23.1 Å². The normalized spacial score (nSPS) is 22.0. The molecule has 7 heteroatoms. The summed E-state index contributed by atoms with van der Waals surface area (Å²) in [4.78, 5) is 25.2. The van der Waals surface area contributed by atoms with Crippen LogP contribution in [0.15, 0.2) is 18.2 Å². The number of ether oxygens (including phenoxy) is 1. The van der Waals surface area contributed by atoms with Gasteiger partial charge in [-0.2, -0.15) is 0 Å². The van der Waals surface area contributed by atoms with Crippen molar-refractivity contribution in [2.24, 2.45) is 0 Å². The lowest BCUT2D eigenvalue weighted by molar-refractivity contribution is -0.151. The third-order valence-corrected chi connectivity index (χ3v) is 3.08. The fraction of sp³-hybridized carbons (Fsp3) is 0.429. The molecule has 2 unspecified atom stereocenters. The molecular formula is C14H16F2N2O3. The van der Waals surface area contributed by atoms with E-state index in [1.807, 2.05) is 0 Å². The first-order valence-corrected chi connectivity index (χ1v) is 6.57. The number of rotatable bonds is 1. The number of nitrogens with one attached hydrogen (secondary N) is 1. The van der Waals surface area contributed by atoms with Crippen molar-refractivity contribution in [2.75, 3.05) is 18.4 Å². The van der Waals surface area contributed by atoms with Crippen LogP contribution in [0.4, 0.5) is 14.5 Å². The monoisotopic (exact) mass is 298 g/mol. The molecule has 5 nitrogen and oxygen atoms in total. The van der Waals surface area contributed by atoms with E-state index in [4.69, 9.17) is 4.74 Å². The molecule has 0 spiro atoms. The number of carbonyl (C=O) groups is 2. The molecule has 0 radical (unpaired) electrons. The Hall–Kier alpha value is -2.02. The Balaban J connectivity index is 2.06. The molecule has 2 rings (SSSR count). The van der Waals surface area contributed by atoms with E-state index in [2.05, 4.69) is 5.32 Å². The van der Waals surface area contributed by atoms with E-state index in [1.165, 1.54) is 4.90 Å². The van der Waals surface area contributed by atoms with Crippen LogP contribution in [0.2, 0.25) is 0 Å². The van der Waals surface area contributed by atoms with Crippen molar-refractivity contribution >= 4 is 17.5 Å². The zero-order valence-electron chi connectivity index (χ0n) is 11.7. The second kappa shape index (κ2) is 6.17. The quantitative estimate of drug-likeness (QED) is 0.800. The first-order valence-electron chi connectivity index (χ1n) is 6.57. The molecule has 0 saturated carbocycles. The van der Waals surface area contributed by atoms with Crippen LogP contribution in [0.1, 0.15) is 13.8 Å². The van der Waals surface area contributed by atoms with Gasteiger partial charge in [0.05, 0.1) is 17.9 Å². The molecule has 1 heterocycles. The van der Waals surface area contributed by atoms with E-state index in [-0.39, 0.29) is 31.0 Å². The molecule has 1 fully saturated rings. The Labute approximate surface area is 120 Å². The van der Waals surface area contributed by atoms with E-state index < -0.39 is 23.4 Å². The molecule has 1 N–H and O–H groups in total. The Bertz CT molecular complexity index is 555. The van der Waals surface area contributed by atoms with Gasteiger partial charge in [0, 0.05) is 19.2 Å². The van der Waals surface area contributed by atoms with Crippen LogP contribution >= 0.6 is 0 Å². The van der Waals surface area contributed by atoms with Gasteiger partial charge >= 0.3 is 11.8 Å². The van der Waals surface area contributed by atoms with Crippen LogP contribution in [0.5, 0.6) is 0 Å². The highest BCUT2D eigenvalue weighted by molar-refractivity contribution is 6.39. The highest BCUT2D eigenvalue weighted by Gasteiger charge is 2.30. The van der Waals surface area contributed by atoms with Crippen molar-refractivity contribution in [1.82, 2.24) is 4.90 Å². The summed E-state index contributed by atoms with van der Waals surface area (Å²) in [6, 6.07) is 2.64. The Morgan fingerprint density at radius 3 is 2.48 bits per heavy atom. The molecule has 1 aromatic carbocycles. The van der Waals surface area contributed by atoms with Gasteiger partial charge in [0.2, 0.25) is 0 Å². The minimum atomic E-state index is -0.999. The summed E-state index contributed by atoms with van der Waals surface area (Å²) >= 11 is 0. The van der Waals surface area contributed by atoms with Crippen molar-refractivity contribution in [2.45, 2.75) is 26.1 Å². The summed E-state index contributed by atoms with van der Waals surface area (Å²) in [5.41, 5.74) is -0.359. The second-order valence-electron chi connectivity index (χ2n) is 5.05. The maximum Gasteiger partial charge on any atom is 0.313 e. The topological polar surface area (TPSA) is 58.6 Å². The van der Waals surface area contributed by atoms with E-state index in [1.54, 1.807) is 13.8 Å². The van der Waals surface area contributed by atoms with Crippen molar-refractivity contribution in [3.8, 4) is 0 Å². The lowest BCUT2D eigenvalue weighted by Gasteiger charge is -2.34. The molecule has 1 aliphatic heterocycles. The van der Waals surface area contributed by atoms with Crippen LogP contribution in [-0.4, -0.2) is 42.0 Å². The Morgan fingerprint density at radius 2 is 1.86 bits per heavy atom. The number of amides is 2. The fourth-order valence-electron chi connectivity index (χ4n) is 2.26. The summed E-state index contributed by atoms with van der Waals surface area (Å²) in [6.45, 7) is 4.14. The molecule has 1 saturated heterocycles. The number of nitrogens with zero attached hydrogens (tertiary/aromatic N) is 1. The number of anilines is 1. The van der Waals surface area contributed by atoms with E-state index in [0.717, 1.165) is 18.2 Å². The maximum absolute atomic E-state index is 13.4. The van der Waals surface area contributed by atoms with Gasteiger partial charge in [-0.05, 0) is 26.0 Å². The summed E-state index contributed by atoms with van der Waals surface area (Å²) in [5.74, 6) is -3.30. The molecule has 2 amide bonds. The van der Waals surface area contributed by atoms with Gasteiger partial charge in [0.15, 0.2) is 0 Å². The lowest BCUT2D eigenvalue weighted by atomic mass is 10.2. The highest BCUT2D eigenvalue weighted by atomic mass is 19.1. The van der Waals surface area contributed by atoms with Crippen LogP contribution in [-0.2, 0) is 14.3 Å². The first-order chi connectivity index (χ1) is 9.86. The smallest absolute Gasteiger partial charge is 0.313 e. The van der Waals surface area contributed by atoms with Crippen molar-refractivity contribution in [3.63, 3.8) is 0 Å². The summed E-state index contributed by atoms with van der Waals surface area (Å²) in [5, 5.41) is 2.09. The van der Waals surface area contributed by atoms with Gasteiger partial charge in [0.1, 0.15) is 11.6 Å². The molecule has 0 bridgehead atoms. The fourth-order valence-corrected chi connectivity index (χ4v) is 2.26. The molecule has 1 aromatic rings. The lowest BCUT2D eigenvalue weighted by Crippen LogP contribution is -2.51. The number of morpholine rings is 1. The zero-order valence-corrected chi connectivity index (χ0v) is 11.7. The number of benzene rings is 1. The van der Waals surface area contributed by atoms with Gasteiger partial charge in [-0.1, -0.05) is 0 Å². The van der Waals surface area contributed by atoms with E-state index in [9.17, 15) is 18.4 Å². The van der Waals surface area contributed by atoms with Crippen LogP contribution in [0.25, 0.3) is 0 Å². The molecule has 0 aromatic heterocycles. The third kappa shape index (κ3) is 3.75. The van der Waals surface area contributed by atoms with Crippen LogP contribution < -0.4 is 5.32 Å². The number of carbonyl (C=O) groups excluding carboxylic acids is 2. The Kier molecular flexibility index (Phi) is 4.52. The molecule has 21 heavy (non-hydrogen) atoms. The number of hydrogen-bond donors (Lipinski definition) is 1. The predicted molar refractivity (Wildman–Crippen MR) is 71.6 cm³/mol. The molecule has 114 valence electrons. The zero-order chi connectivity index (χ0) is 15.6. The van der Waals surface area contributed by atoms with Gasteiger partial charge < -0.3 is 15.0 Å². The minimum absolute atomic E-state index is 0.184. The molecule has 0 aliphatic carbocycles. The van der Waals surface area contributed by atoms with Gasteiger partial charge in [-0.15, -0.1) is 0 Å².